The third-order valence-corrected chi connectivity index (χ3v) is 4.49. The van der Waals surface area contributed by atoms with Crippen molar-refractivity contribution in [2.75, 3.05) is 11.9 Å². The lowest BCUT2D eigenvalue weighted by atomic mass is 9.92. The van der Waals surface area contributed by atoms with Gasteiger partial charge < -0.3 is 14.5 Å². The van der Waals surface area contributed by atoms with E-state index in [4.69, 9.17) is 23.5 Å². The maximum atomic E-state index is 7.19. The van der Waals surface area contributed by atoms with Gasteiger partial charge in [-0.05, 0) is 56.4 Å². The molecule has 1 aliphatic rings. The maximum Gasteiger partial charge on any atom is 0.264 e. The van der Waals surface area contributed by atoms with E-state index < -0.39 is 5.60 Å². The number of fused-ring (bicyclic) bond motifs is 1. The van der Waals surface area contributed by atoms with Gasteiger partial charge in [0.15, 0.2) is 0 Å². The van der Waals surface area contributed by atoms with Gasteiger partial charge in [0, 0.05) is 18.2 Å². The van der Waals surface area contributed by atoms with Crippen molar-refractivity contribution in [1.82, 2.24) is 4.57 Å². The van der Waals surface area contributed by atoms with Gasteiger partial charge in [-0.3, -0.25) is 4.57 Å². The molecule has 0 bridgehead atoms. The molecule has 140 valence electrons. The fourth-order valence-electron chi connectivity index (χ4n) is 2.81. The highest BCUT2D eigenvalue weighted by atomic mass is 32.1. The third-order valence-electron chi connectivity index (χ3n) is 4.13. The molecule has 0 saturated heterocycles. The zero-order chi connectivity index (χ0) is 20.1. The van der Waals surface area contributed by atoms with E-state index in [0.29, 0.717) is 11.0 Å². The third kappa shape index (κ3) is 3.91. The Hall–Kier alpha value is -2.32. The normalized spacial score (nSPS) is 14.0. The molecule has 1 aromatic carbocycles. The number of hydrogen-bond acceptors (Lipinski definition) is 2. The number of hydrogen-bond donors (Lipinski definition) is 0. The molecule has 0 N–H and O–H groups in total. The molecule has 26 heavy (non-hydrogen) atoms. The minimum atomic E-state index is -0.470. The Morgan fingerprint density at radius 2 is 1.65 bits per heavy atom. The van der Waals surface area contributed by atoms with E-state index in [2.05, 4.69) is 23.0 Å². The van der Waals surface area contributed by atoms with E-state index in [1.807, 2.05) is 77.2 Å². The Bertz CT molecular complexity index is 815. The van der Waals surface area contributed by atoms with Crippen LogP contribution < -0.4 is 4.90 Å². The number of rotatable bonds is 1. The maximum absolute atomic E-state index is 7.19. The molecule has 0 atom stereocenters. The fraction of sp³-hybridized carbons (Fsp3) is 0.429. The minimum absolute atomic E-state index is 0.470. The lowest BCUT2D eigenvalue weighted by Gasteiger charge is -2.39. The molecule has 0 amide bonds. The fourth-order valence-corrected chi connectivity index (χ4v) is 3.12. The van der Waals surface area contributed by atoms with Crippen molar-refractivity contribution in [3.8, 4) is 11.3 Å². The molecule has 5 heteroatoms. The van der Waals surface area contributed by atoms with Crippen molar-refractivity contribution < 1.29 is 4.74 Å². The molecule has 1 aliphatic heterocycles. The number of benzene rings is 1. The zero-order valence-corrected chi connectivity index (χ0v) is 17.9. The van der Waals surface area contributed by atoms with E-state index in [1.165, 1.54) is 0 Å². The Morgan fingerprint density at radius 1 is 1.04 bits per heavy atom. The van der Waals surface area contributed by atoms with Crippen molar-refractivity contribution in [2.24, 2.45) is 7.05 Å². The smallest absolute Gasteiger partial charge is 0.264 e. The van der Waals surface area contributed by atoms with Crippen LogP contribution in [0.2, 0.25) is 0 Å². The summed E-state index contributed by atoms with van der Waals surface area (Å²) < 4.78 is 7.76. The van der Waals surface area contributed by atoms with Crippen LogP contribution in [0.4, 0.5) is 11.5 Å². The first-order chi connectivity index (χ1) is 12.3. The Morgan fingerprint density at radius 3 is 2.19 bits per heavy atom. The first-order valence-corrected chi connectivity index (χ1v) is 9.41. The molecule has 0 fully saturated rings. The molecule has 2 aromatic rings. The van der Waals surface area contributed by atoms with Crippen molar-refractivity contribution >= 4 is 28.9 Å². The number of anilines is 1. The van der Waals surface area contributed by atoms with Crippen LogP contribution in [0.1, 0.15) is 47.1 Å². The summed E-state index contributed by atoms with van der Waals surface area (Å²) in [5.74, 6) is 0.626. The van der Waals surface area contributed by atoms with E-state index in [1.54, 1.807) is 0 Å². The number of thiocarbonyl (C=S) groups is 1. The van der Waals surface area contributed by atoms with Gasteiger partial charge in [-0.25, -0.2) is 0 Å². The molecule has 1 aromatic heterocycles. The van der Waals surface area contributed by atoms with Gasteiger partial charge in [0.25, 0.3) is 5.17 Å². The van der Waals surface area contributed by atoms with Gasteiger partial charge in [0.05, 0.1) is 12.7 Å². The Labute approximate surface area is 163 Å². The second kappa shape index (κ2) is 8.86. The summed E-state index contributed by atoms with van der Waals surface area (Å²) in [6.45, 7) is 19.2. The molecule has 3 rings (SSSR count). The van der Waals surface area contributed by atoms with Crippen LogP contribution in [-0.4, -0.2) is 16.8 Å². The SMILES string of the molecule is CC.CC.[C-]#[N+]c1ccc(-c2ccc3c(c2)C(C)(C)OC(=S)N3C)n1C. The average Bonchev–Trinajstić information content (AvgIpc) is 3.03. The zero-order valence-electron chi connectivity index (χ0n) is 17.0. The number of nitrogens with zero attached hydrogens (tertiary/aromatic N) is 3. The minimum Gasteiger partial charge on any atom is -0.460 e. The highest BCUT2D eigenvalue weighted by Gasteiger charge is 2.35. The van der Waals surface area contributed by atoms with Crippen LogP contribution in [0, 0.1) is 6.57 Å². The summed E-state index contributed by atoms with van der Waals surface area (Å²) in [6.07, 6.45) is 0. The molecular formula is C21H29N3OS. The lowest BCUT2D eigenvalue weighted by Crippen LogP contribution is -2.40. The lowest BCUT2D eigenvalue weighted by molar-refractivity contribution is 0.0904. The van der Waals surface area contributed by atoms with Crippen molar-refractivity contribution in [3.05, 3.63) is 47.3 Å². The molecule has 0 radical (unpaired) electrons. The topological polar surface area (TPSA) is 21.8 Å². The van der Waals surface area contributed by atoms with Crippen molar-refractivity contribution in [1.29, 1.82) is 0 Å². The summed E-state index contributed by atoms with van der Waals surface area (Å²) in [7, 11) is 3.82. The monoisotopic (exact) mass is 371 g/mol. The van der Waals surface area contributed by atoms with Gasteiger partial charge in [0.1, 0.15) is 11.3 Å². The van der Waals surface area contributed by atoms with Gasteiger partial charge >= 0.3 is 0 Å². The van der Waals surface area contributed by atoms with Crippen molar-refractivity contribution in [3.63, 3.8) is 0 Å². The van der Waals surface area contributed by atoms with Crippen LogP contribution in [0.25, 0.3) is 16.1 Å². The molecule has 2 heterocycles. The van der Waals surface area contributed by atoms with E-state index in [9.17, 15) is 0 Å². The van der Waals surface area contributed by atoms with Crippen LogP contribution in [0.15, 0.2) is 30.3 Å². The summed E-state index contributed by atoms with van der Waals surface area (Å²) in [6, 6.07) is 10.1. The molecule has 0 unspecified atom stereocenters. The van der Waals surface area contributed by atoms with E-state index in [-0.39, 0.29) is 0 Å². The highest BCUT2D eigenvalue weighted by Crippen LogP contribution is 2.40. The number of aromatic nitrogens is 1. The quantitative estimate of drug-likeness (QED) is 0.435. The van der Waals surface area contributed by atoms with Gasteiger partial charge in [-0.15, -0.1) is 0 Å². The average molecular weight is 372 g/mol. The van der Waals surface area contributed by atoms with Gasteiger partial charge in [0.2, 0.25) is 5.82 Å². The van der Waals surface area contributed by atoms with Crippen LogP contribution in [0.3, 0.4) is 0 Å². The first kappa shape index (κ1) is 21.7. The highest BCUT2D eigenvalue weighted by molar-refractivity contribution is 7.80. The number of ether oxygens (including phenoxy) is 1. The summed E-state index contributed by atoms with van der Waals surface area (Å²) >= 11 is 5.29. The standard InChI is InChI=1S/C17H17N3OS.2C2H6/c1-17(2)12-10-11(13-8-9-15(18-3)19(13)4)6-7-14(12)20(5)16(22)21-17;2*1-2/h6-10H,1-2,4-5H3;2*1-2H3. The Kier molecular flexibility index (Phi) is 7.41. The summed E-state index contributed by atoms with van der Waals surface area (Å²) in [5.41, 5.74) is 3.76. The van der Waals surface area contributed by atoms with Gasteiger partial charge in [-0.1, -0.05) is 34.3 Å². The van der Waals surface area contributed by atoms with E-state index in [0.717, 1.165) is 22.5 Å². The predicted octanol–water partition coefficient (Wildman–Crippen LogP) is 6.28. The Balaban J connectivity index is 0.000000791. The van der Waals surface area contributed by atoms with Gasteiger partial charge in [-0.2, -0.15) is 0 Å². The summed E-state index contributed by atoms with van der Waals surface area (Å²) in [4.78, 5) is 5.40. The molecule has 0 aliphatic carbocycles. The van der Waals surface area contributed by atoms with E-state index >= 15 is 0 Å². The summed E-state index contributed by atoms with van der Waals surface area (Å²) in [5, 5.41) is 0.486. The molecule has 4 nitrogen and oxygen atoms in total. The molecule has 0 saturated carbocycles. The first-order valence-electron chi connectivity index (χ1n) is 9.00. The van der Waals surface area contributed by atoms with Crippen molar-refractivity contribution in [2.45, 2.75) is 47.1 Å². The second-order valence-corrected chi connectivity index (χ2v) is 6.27. The largest absolute Gasteiger partial charge is 0.460 e. The van der Waals surface area contributed by atoms with Crippen LogP contribution in [0.5, 0.6) is 0 Å². The molecular weight excluding hydrogens is 342 g/mol. The molecule has 0 spiro atoms. The second-order valence-electron chi connectivity index (χ2n) is 5.92. The predicted molar refractivity (Wildman–Crippen MR) is 115 cm³/mol. The van der Waals surface area contributed by atoms with Crippen LogP contribution in [-0.2, 0) is 17.4 Å². The van der Waals surface area contributed by atoms with Crippen LogP contribution >= 0.6 is 12.2 Å².